The number of aryl methyl sites for hydroxylation is 1. The molecule has 2 heterocycles. The molecule has 2 atom stereocenters. The van der Waals surface area contributed by atoms with E-state index in [1.54, 1.807) is 11.3 Å². The molecule has 3 aromatic rings. The van der Waals surface area contributed by atoms with Gasteiger partial charge < -0.3 is 15.5 Å². The molecule has 1 fully saturated rings. The number of fused-ring (bicyclic) bond motifs is 1. The van der Waals surface area contributed by atoms with Crippen molar-refractivity contribution in [3.05, 3.63) is 29.3 Å². The highest BCUT2D eigenvalue weighted by molar-refractivity contribution is 7.17. The van der Waals surface area contributed by atoms with Gasteiger partial charge in [0.05, 0.1) is 17.8 Å². The number of rotatable bonds is 3. The molecule has 4 rings (SSSR count). The second-order valence-electron chi connectivity index (χ2n) is 6.47. The zero-order valence-electron chi connectivity index (χ0n) is 13.9. The fraction of sp³-hybridized carbons (Fsp3) is 0.389. The van der Waals surface area contributed by atoms with Gasteiger partial charge in [-0.1, -0.05) is 12.8 Å². The number of aliphatic hydroxyl groups excluding tert-OH is 1. The second-order valence-corrected chi connectivity index (χ2v) is 7.41. The van der Waals surface area contributed by atoms with Gasteiger partial charge in [-0.25, -0.2) is 4.98 Å². The monoisotopic (exact) mass is 356 g/mol. The first-order valence-electron chi connectivity index (χ1n) is 8.49. The van der Waals surface area contributed by atoms with Gasteiger partial charge in [-0.3, -0.25) is 0 Å². The number of benzene rings is 1. The fourth-order valence-corrected chi connectivity index (χ4v) is 4.17. The van der Waals surface area contributed by atoms with Gasteiger partial charge in [0, 0.05) is 15.6 Å². The van der Waals surface area contributed by atoms with E-state index in [0.717, 1.165) is 35.8 Å². The number of hydrogen-bond donors (Lipinski definition) is 3. The van der Waals surface area contributed by atoms with Crippen molar-refractivity contribution in [2.45, 2.75) is 44.8 Å². The highest BCUT2D eigenvalue weighted by Crippen LogP contribution is 2.37. The summed E-state index contributed by atoms with van der Waals surface area (Å²) in [5, 5.41) is 35.0. The normalized spacial score (nSPS) is 20.7. The smallest absolute Gasteiger partial charge is 0.243 e. The Morgan fingerprint density at radius 3 is 2.80 bits per heavy atom. The first-order valence-corrected chi connectivity index (χ1v) is 9.37. The Morgan fingerprint density at radius 1 is 1.16 bits per heavy atom. The third-order valence-corrected chi connectivity index (χ3v) is 5.65. The number of nitrogens with one attached hydrogen (secondary N) is 1. The van der Waals surface area contributed by atoms with E-state index in [-0.39, 0.29) is 17.9 Å². The molecule has 2 aromatic heterocycles. The molecule has 0 radical (unpaired) electrons. The fourth-order valence-electron chi connectivity index (χ4n) is 3.38. The molecule has 6 nitrogen and oxygen atoms in total. The Bertz CT molecular complexity index is 911. The SMILES string of the molecule is Cc1nc(N[C@H]2CCCC[C@@H]2O)nnc1-c1ccc2sccc2c1O. The van der Waals surface area contributed by atoms with Crippen molar-refractivity contribution < 1.29 is 10.2 Å². The summed E-state index contributed by atoms with van der Waals surface area (Å²) in [7, 11) is 0. The summed E-state index contributed by atoms with van der Waals surface area (Å²) in [6.07, 6.45) is 3.48. The molecule has 1 aliphatic rings. The number of thiophene rings is 1. The van der Waals surface area contributed by atoms with Gasteiger partial charge in [-0.05, 0) is 43.3 Å². The second kappa shape index (κ2) is 6.57. The number of hydrogen-bond acceptors (Lipinski definition) is 7. The summed E-state index contributed by atoms with van der Waals surface area (Å²) in [5.41, 5.74) is 1.89. The quantitative estimate of drug-likeness (QED) is 0.665. The van der Waals surface area contributed by atoms with Crippen molar-refractivity contribution in [1.29, 1.82) is 0 Å². The van der Waals surface area contributed by atoms with E-state index in [0.29, 0.717) is 22.9 Å². The van der Waals surface area contributed by atoms with Crippen LogP contribution in [0.4, 0.5) is 5.95 Å². The number of aromatic hydroxyl groups is 1. The maximum atomic E-state index is 10.5. The van der Waals surface area contributed by atoms with Gasteiger partial charge in [-0.2, -0.15) is 0 Å². The molecule has 7 heteroatoms. The first kappa shape index (κ1) is 16.2. The van der Waals surface area contributed by atoms with Gasteiger partial charge in [0.1, 0.15) is 11.4 Å². The van der Waals surface area contributed by atoms with Gasteiger partial charge in [0.25, 0.3) is 0 Å². The first-order chi connectivity index (χ1) is 12.1. The predicted octanol–water partition coefficient (Wildman–Crippen LogP) is 3.48. The number of aromatic nitrogens is 3. The van der Waals surface area contributed by atoms with Gasteiger partial charge >= 0.3 is 0 Å². The Morgan fingerprint density at radius 2 is 2.00 bits per heavy atom. The Hall–Kier alpha value is -2.25. The van der Waals surface area contributed by atoms with Crippen molar-refractivity contribution in [3.8, 4) is 17.0 Å². The van der Waals surface area contributed by atoms with Crippen LogP contribution in [-0.4, -0.2) is 37.5 Å². The molecule has 0 saturated heterocycles. The topological polar surface area (TPSA) is 91.2 Å². The lowest BCUT2D eigenvalue weighted by Gasteiger charge is -2.28. The summed E-state index contributed by atoms with van der Waals surface area (Å²) in [6.45, 7) is 1.85. The van der Waals surface area contributed by atoms with E-state index in [9.17, 15) is 10.2 Å². The van der Waals surface area contributed by atoms with Crippen LogP contribution in [-0.2, 0) is 0 Å². The van der Waals surface area contributed by atoms with Crippen LogP contribution >= 0.6 is 11.3 Å². The minimum Gasteiger partial charge on any atom is -0.507 e. The van der Waals surface area contributed by atoms with E-state index < -0.39 is 0 Å². The Labute approximate surface area is 149 Å². The molecule has 1 aliphatic carbocycles. The molecule has 0 bridgehead atoms. The Balaban J connectivity index is 1.64. The molecule has 0 amide bonds. The summed E-state index contributed by atoms with van der Waals surface area (Å²) in [4.78, 5) is 4.48. The minimum atomic E-state index is -0.373. The molecule has 0 aliphatic heterocycles. The Kier molecular flexibility index (Phi) is 4.27. The zero-order valence-corrected chi connectivity index (χ0v) is 14.8. The van der Waals surface area contributed by atoms with Gasteiger partial charge in [-0.15, -0.1) is 21.5 Å². The van der Waals surface area contributed by atoms with Crippen molar-refractivity contribution in [3.63, 3.8) is 0 Å². The number of phenols is 1. The van der Waals surface area contributed by atoms with Crippen LogP contribution in [0.15, 0.2) is 23.6 Å². The highest BCUT2D eigenvalue weighted by atomic mass is 32.1. The molecule has 130 valence electrons. The van der Waals surface area contributed by atoms with Gasteiger partial charge in [0.15, 0.2) is 0 Å². The molecule has 1 aromatic carbocycles. The van der Waals surface area contributed by atoms with Crippen LogP contribution in [0.25, 0.3) is 21.3 Å². The van der Waals surface area contributed by atoms with Crippen LogP contribution in [0.2, 0.25) is 0 Å². The summed E-state index contributed by atoms with van der Waals surface area (Å²) in [5.74, 6) is 0.629. The lowest BCUT2D eigenvalue weighted by atomic mass is 9.93. The van der Waals surface area contributed by atoms with Crippen molar-refractivity contribution in [2.75, 3.05) is 5.32 Å². The molecule has 1 saturated carbocycles. The van der Waals surface area contributed by atoms with E-state index in [4.69, 9.17) is 0 Å². The van der Waals surface area contributed by atoms with E-state index >= 15 is 0 Å². The third-order valence-electron chi connectivity index (χ3n) is 4.77. The van der Waals surface area contributed by atoms with Crippen LogP contribution in [0.1, 0.15) is 31.4 Å². The number of phenolic OH excluding ortho intramolecular Hbond substituents is 1. The van der Waals surface area contributed by atoms with Crippen LogP contribution < -0.4 is 5.32 Å². The zero-order chi connectivity index (χ0) is 17.4. The third kappa shape index (κ3) is 3.05. The summed E-state index contributed by atoms with van der Waals surface area (Å²) < 4.78 is 1.03. The lowest BCUT2D eigenvalue weighted by Crippen LogP contribution is -2.37. The average molecular weight is 356 g/mol. The number of nitrogens with zero attached hydrogens (tertiary/aromatic N) is 3. The van der Waals surface area contributed by atoms with Crippen molar-refractivity contribution in [1.82, 2.24) is 15.2 Å². The molecule has 0 unspecified atom stereocenters. The summed E-state index contributed by atoms with van der Waals surface area (Å²) >= 11 is 1.59. The average Bonchev–Trinajstić information content (AvgIpc) is 3.08. The van der Waals surface area contributed by atoms with Crippen LogP contribution in [0.3, 0.4) is 0 Å². The minimum absolute atomic E-state index is 0.0311. The lowest BCUT2D eigenvalue weighted by molar-refractivity contribution is 0.116. The highest BCUT2D eigenvalue weighted by Gasteiger charge is 2.24. The summed E-state index contributed by atoms with van der Waals surface area (Å²) in [6, 6.07) is 5.69. The predicted molar refractivity (Wildman–Crippen MR) is 98.9 cm³/mol. The molecule has 25 heavy (non-hydrogen) atoms. The maximum absolute atomic E-state index is 10.5. The van der Waals surface area contributed by atoms with E-state index in [2.05, 4.69) is 20.5 Å². The van der Waals surface area contributed by atoms with E-state index in [1.807, 2.05) is 30.5 Å². The van der Waals surface area contributed by atoms with Gasteiger partial charge in [0.2, 0.25) is 5.95 Å². The van der Waals surface area contributed by atoms with Crippen molar-refractivity contribution >= 4 is 27.4 Å². The number of anilines is 1. The standard InChI is InChI=1S/C18H20N4O2S/c1-10-16(12-6-7-15-11(17(12)24)8-9-25-15)21-22-18(19-10)20-13-4-2-3-5-14(13)23/h6-9,13-14,23-24H,2-5H2,1H3,(H,19,20,22)/t13-,14-/m0/s1. The molecular formula is C18H20N4O2S. The maximum Gasteiger partial charge on any atom is 0.243 e. The molecule has 3 N–H and O–H groups in total. The largest absolute Gasteiger partial charge is 0.507 e. The molecular weight excluding hydrogens is 336 g/mol. The van der Waals surface area contributed by atoms with E-state index in [1.165, 1.54) is 0 Å². The van der Waals surface area contributed by atoms with Crippen LogP contribution in [0, 0.1) is 6.92 Å². The van der Waals surface area contributed by atoms with Crippen molar-refractivity contribution in [2.24, 2.45) is 0 Å². The van der Waals surface area contributed by atoms with Crippen LogP contribution in [0.5, 0.6) is 5.75 Å². The number of aliphatic hydroxyl groups is 1. The molecule has 0 spiro atoms.